The van der Waals surface area contributed by atoms with E-state index in [1.165, 1.54) is 83.5 Å². The van der Waals surface area contributed by atoms with Crippen LogP contribution in [0.3, 0.4) is 0 Å². The van der Waals surface area contributed by atoms with Crippen LogP contribution in [0.4, 0.5) is 0 Å². The summed E-state index contributed by atoms with van der Waals surface area (Å²) in [6.07, 6.45) is 18.8. The molecule has 0 radical (unpaired) electrons. The first-order chi connectivity index (χ1) is 16.7. The first kappa shape index (κ1) is 28.1. The molecule has 2 aromatic rings. The Morgan fingerprint density at radius 1 is 0.765 bits per heavy atom. The molecular weight excluding hydrogens is 440 g/mol. The van der Waals surface area contributed by atoms with Gasteiger partial charge in [-0.05, 0) is 41.5 Å². The number of rotatable bonds is 18. The molecule has 0 aliphatic rings. The van der Waals surface area contributed by atoms with Crippen molar-refractivity contribution in [3.8, 4) is 5.75 Å². The molecule has 0 unspecified atom stereocenters. The third kappa shape index (κ3) is 12.9. The number of unbranched alkanes of at least 4 members (excludes halogenated alkanes) is 13. The Balaban J connectivity index is 1.39. The maximum Gasteiger partial charge on any atom is 0.264 e. The van der Waals surface area contributed by atoms with Crippen LogP contribution in [0.15, 0.2) is 42.5 Å². The van der Waals surface area contributed by atoms with Crippen molar-refractivity contribution in [1.29, 1.82) is 0 Å². The molecule has 0 heterocycles. The van der Waals surface area contributed by atoms with Gasteiger partial charge in [-0.2, -0.15) is 0 Å². The van der Waals surface area contributed by atoms with E-state index in [4.69, 9.17) is 17.0 Å². The molecule has 2 aromatic carbocycles. The third-order valence-corrected chi connectivity index (χ3v) is 6.41. The number of fused-ring (bicyclic) bond motifs is 1. The average molecular weight is 485 g/mol. The molecule has 0 bridgehead atoms. The number of amides is 1. The standard InChI is InChI=1S/C29H44N2O2S/c1-2-3-4-5-6-7-8-9-10-11-12-13-14-17-22-30-29(34)31-28(32)24-33-27-21-20-25-18-15-16-19-26(25)23-27/h15-16,18-21,23H,2-14,17,22,24H2,1H3,(H2,30,31,32,34). The Bertz CT molecular complexity index is 840. The van der Waals surface area contributed by atoms with Crippen LogP contribution in [-0.4, -0.2) is 24.2 Å². The van der Waals surface area contributed by atoms with Crippen LogP contribution in [0.2, 0.25) is 0 Å². The maximum absolute atomic E-state index is 12.1. The fraction of sp³-hybridized carbons (Fsp3) is 0.586. The van der Waals surface area contributed by atoms with Gasteiger partial charge in [0.15, 0.2) is 11.7 Å². The number of benzene rings is 2. The summed E-state index contributed by atoms with van der Waals surface area (Å²) < 4.78 is 5.61. The number of carbonyl (C=O) groups is 1. The number of hydrogen-bond donors (Lipinski definition) is 2. The minimum atomic E-state index is -0.244. The summed E-state index contributed by atoms with van der Waals surface area (Å²) in [7, 11) is 0. The predicted molar refractivity (Wildman–Crippen MR) is 148 cm³/mol. The Kier molecular flexibility index (Phi) is 15.1. The molecule has 2 rings (SSSR count). The van der Waals surface area contributed by atoms with Crippen LogP contribution in [0.1, 0.15) is 96.8 Å². The van der Waals surface area contributed by atoms with Gasteiger partial charge in [0.05, 0.1) is 0 Å². The Morgan fingerprint density at radius 2 is 1.32 bits per heavy atom. The van der Waals surface area contributed by atoms with Crippen molar-refractivity contribution >= 4 is 34.0 Å². The monoisotopic (exact) mass is 484 g/mol. The van der Waals surface area contributed by atoms with Gasteiger partial charge < -0.3 is 15.4 Å². The molecule has 0 fully saturated rings. The molecule has 2 N–H and O–H groups in total. The molecule has 1 amide bonds. The van der Waals surface area contributed by atoms with Gasteiger partial charge in [0, 0.05) is 6.54 Å². The minimum Gasteiger partial charge on any atom is -0.484 e. The number of carbonyl (C=O) groups excluding carboxylic acids is 1. The highest BCUT2D eigenvalue weighted by molar-refractivity contribution is 7.80. The van der Waals surface area contributed by atoms with Crippen LogP contribution >= 0.6 is 12.2 Å². The molecule has 0 atom stereocenters. The fourth-order valence-electron chi connectivity index (χ4n) is 4.13. The minimum absolute atomic E-state index is 0.0565. The van der Waals surface area contributed by atoms with Gasteiger partial charge >= 0.3 is 0 Å². The zero-order valence-electron chi connectivity index (χ0n) is 21.1. The molecule has 4 nitrogen and oxygen atoms in total. The van der Waals surface area contributed by atoms with Crippen LogP contribution in [0, 0.1) is 0 Å². The van der Waals surface area contributed by atoms with Crippen molar-refractivity contribution in [2.75, 3.05) is 13.2 Å². The van der Waals surface area contributed by atoms with E-state index in [1.807, 2.05) is 42.5 Å². The first-order valence-electron chi connectivity index (χ1n) is 13.4. The lowest BCUT2D eigenvalue weighted by Gasteiger charge is -2.11. The van der Waals surface area contributed by atoms with E-state index in [0.29, 0.717) is 10.9 Å². The summed E-state index contributed by atoms with van der Waals surface area (Å²) >= 11 is 5.23. The molecule has 34 heavy (non-hydrogen) atoms. The molecule has 0 saturated carbocycles. The number of hydrogen-bond acceptors (Lipinski definition) is 3. The summed E-state index contributed by atoms with van der Waals surface area (Å²) in [4.78, 5) is 12.1. The number of thiocarbonyl (C=S) groups is 1. The molecule has 0 saturated heterocycles. The highest BCUT2D eigenvalue weighted by atomic mass is 32.1. The van der Waals surface area contributed by atoms with Crippen molar-refractivity contribution in [3.05, 3.63) is 42.5 Å². The van der Waals surface area contributed by atoms with E-state index in [0.717, 1.165) is 23.7 Å². The van der Waals surface area contributed by atoms with E-state index >= 15 is 0 Å². The fourth-order valence-corrected chi connectivity index (χ4v) is 4.35. The first-order valence-corrected chi connectivity index (χ1v) is 13.8. The summed E-state index contributed by atoms with van der Waals surface area (Å²) in [6, 6.07) is 13.9. The number of ether oxygens (including phenoxy) is 1. The van der Waals surface area contributed by atoms with Gasteiger partial charge in [0.2, 0.25) is 0 Å². The van der Waals surface area contributed by atoms with E-state index in [9.17, 15) is 4.79 Å². The molecule has 5 heteroatoms. The Labute approximate surface area is 212 Å². The average Bonchev–Trinajstić information content (AvgIpc) is 2.85. The Hall–Kier alpha value is -2.14. The van der Waals surface area contributed by atoms with Gasteiger partial charge in [0.25, 0.3) is 5.91 Å². The van der Waals surface area contributed by atoms with Crippen LogP contribution < -0.4 is 15.4 Å². The summed E-state index contributed by atoms with van der Waals surface area (Å²) in [6.45, 7) is 3.01. The van der Waals surface area contributed by atoms with Crippen LogP contribution in [0.25, 0.3) is 10.8 Å². The second-order valence-electron chi connectivity index (χ2n) is 9.20. The lowest BCUT2D eigenvalue weighted by Crippen LogP contribution is -2.41. The largest absolute Gasteiger partial charge is 0.484 e. The second kappa shape index (κ2) is 18.2. The Morgan fingerprint density at radius 3 is 1.94 bits per heavy atom. The van der Waals surface area contributed by atoms with Gasteiger partial charge in [0.1, 0.15) is 5.75 Å². The van der Waals surface area contributed by atoms with Crippen molar-refractivity contribution in [3.63, 3.8) is 0 Å². The summed E-state index contributed by atoms with van der Waals surface area (Å²) in [5.74, 6) is 0.432. The molecule has 0 aromatic heterocycles. The molecular formula is C29H44N2O2S. The normalized spacial score (nSPS) is 10.9. The lowest BCUT2D eigenvalue weighted by atomic mass is 10.0. The smallest absolute Gasteiger partial charge is 0.264 e. The number of nitrogens with one attached hydrogen (secondary N) is 2. The van der Waals surface area contributed by atoms with Gasteiger partial charge in [-0.3, -0.25) is 4.79 Å². The predicted octanol–water partition coefficient (Wildman–Crippen LogP) is 7.69. The van der Waals surface area contributed by atoms with Gasteiger partial charge in [-0.25, -0.2) is 0 Å². The van der Waals surface area contributed by atoms with Crippen molar-refractivity contribution in [2.45, 2.75) is 96.8 Å². The molecule has 0 aliphatic carbocycles. The topological polar surface area (TPSA) is 50.4 Å². The highest BCUT2D eigenvalue weighted by Gasteiger charge is 2.06. The SMILES string of the molecule is CCCCCCCCCCCCCCCCNC(=S)NC(=O)COc1ccc2ccccc2c1. The maximum atomic E-state index is 12.1. The van der Waals surface area contributed by atoms with Crippen molar-refractivity contribution in [1.82, 2.24) is 10.6 Å². The second-order valence-corrected chi connectivity index (χ2v) is 9.61. The lowest BCUT2D eigenvalue weighted by molar-refractivity contribution is -0.121. The third-order valence-electron chi connectivity index (χ3n) is 6.16. The highest BCUT2D eigenvalue weighted by Crippen LogP contribution is 2.20. The van der Waals surface area contributed by atoms with Crippen molar-refractivity contribution in [2.24, 2.45) is 0 Å². The van der Waals surface area contributed by atoms with E-state index in [2.05, 4.69) is 17.6 Å². The van der Waals surface area contributed by atoms with Crippen LogP contribution in [0.5, 0.6) is 5.75 Å². The van der Waals surface area contributed by atoms with E-state index < -0.39 is 0 Å². The van der Waals surface area contributed by atoms with E-state index in [-0.39, 0.29) is 12.5 Å². The summed E-state index contributed by atoms with van der Waals surface area (Å²) in [5, 5.41) is 8.43. The molecule has 0 aliphatic heterocycles. The van der Waals surface area contributed by atoms with Crippen molar-refractivity contribution < 1.29 is 9.53 Å². The zero-order valence-corrected chi connectivity index (χ0v) is 21.9. The van der Waals surface area contributed by atoms with Gasteiger partial charge in [-0.1, -0.05) is 121 Å². The zero-order chi connectivity index (χ0) is 24.3. The van der Waals surface area contributed by atoms with E-state index in [1.54, 1.807) is 0 Å². The quantitative estimate of drug-likeness (QED) is 0.168. The summed E-state index contributed by atoms with van der Waals surface area (Å²) in [5.41, 5.74) is 0. The molecule has 188 valence electrons. The van der Waals surface area contributed by atoms with Gasteiger partial charge in [-0.15, -0.1) is 0 Å². The van der Waals surface area contributed by atoms with Crippen LogP contribution in [-0.2, 0) is 4.79 Å². The molecule has 0 spiro atoms.